The fraction of sp³-hybridized carbons (Fsp3) is 0. The Morgan fingerprint density at radius 3 is 2.82 bits per heavy atom. The number of aromatic nitrogens is 1. The molecule has 0 saturated heterocycles. The number of H-pyrrole nitrogens is 1. The van der Waals surface area contributed by atoms with E-state index in [1.807, 2.05) is 24.3 Å². The Bertz CT molecular complexity index is 856. The number of fused-ring (bicyclic) bond motifs is 5. The maximum atomic E-state index is 13.1. The van der Waals surface area contributed by atoms with Gasteiger partial charge >= 0.3 is 0 Å². The molecule has 0 aliphatic rings. The average molecular weight is 225 g/mol. The molecule has 3 heteroatoms. The SMILES string of the molecule is Fc1ccc2c(c1)[nH]c1c3ccccc3oc21. The Morgan fingerprint density at radius 2 is 1.88 bits per heavy atom. The molecule has 2 aromatic heterocycles. The van der Waals surface area contributed by atoms with Crippen LogP contribution in [0.3, 0.4) is 0 Å². The third-order valence-corrected chi connectivity index (χ3v) is 3.08. The summed E-state index contributed by atoms with van der Waals surface area (Å²) < 4.78 is 18.9. The number of benzene rings is 2. The van der Waals surface area contributed by atoms with Gasteiger partial charge in [-0.3, -0.25) is 0 Å². The van der Waals surface area contributed by atoms with Crippen molar-refractivity contribution < 1.29 is 8.81 Å². The van der Waals surface area contributed by atoms with Crippen LogP contribution in [0.2, 0.25) is 0 Å². The molecule has 2 aromatic carbocycles. The van der Waals surface area contributed by atoms with Crippen molar-refractivity contribution in [2.75, 3.05) is 0 Å². The number of para-hydroxylation sites is 1. The topological polar surface area (TPSA) is 28.9 Å². The molecule has 4 aromatic rings. The highest BCUT2D eigenvalue weighted by Crippen LogP contribution is 2.33. The average Bonchev–Trinajstić information content (AvgIpc) is 2.84. The van der Waals surface area contributed by atoms with Crippen molar-refractivity contribution in [2.45, 2.75) is 0 Å². The predicted molar refractivity (Wildman–Crippen MR) is 65.5 cm³/mol. The second-order valence-corrected chi connectivity index (χ2v) is 4.12. The van der Waals surface area contributed by atoms with Gasteiger partial charge < -0.3 is 9.40 Å². The summed E-state index contributed by atoms with van der Waals surface area (Å²) in [5.41, 5.74) is 3.34. The van der Waals surface area contributed by atoms with Gasteiger partial charge in [0.15, 0.2) is 5.58 Å². The van der Waals surface area contributed by atoms with E-state index in [1.165, 1.54) is 12.1 Å². The van der Waals surface area contributed by atoms with Gasteiger partial charge in [0.25, 0.3) is 0 Å². The number of furan rings is 1. The second kappa shape index (κ2) is 2.88. The Balaban J connectivity index is 2.29. The molecule has 0 spiro atoms. The number of halogens is 1. The third kappa shape index (κ3) is 1.08. The lowest BCUT2D eigenvalue weighted by molar-refractivity contribution is 0.629. The summed E-state index contributed by atoms with van der Waals surface area (Å²) in [6.07, 6.45) is 0. The van der Waals surface area contributed by atoms with E-state index >= 15 is 0 Å². The first-order valence-corrected chi connectivity index (χ1v) is 5.41. The van der Waals surface area contributed by atoms with Gasteiger partial charge in [-0.05, 0) is 30.3 Å². The van der Waals surface area contributed by atoms with E-state index in [9.17, 15) is 4.39 Å². The summed E-state index contributed by atoms with van der Waals surface area (Å²) in [6, 6.07) is 12.5. The normalized spacial score (nSPS) is 11.8. The number of hydrogen-bond acceptors (Lipinski definition) is 1. The lowest BCUT2D eigenvalue weighted by Gasteiger charge is -1.90. The first kappa shape index (κ1) is 8.82. The van der Waals surface area contributed by atoms with E-state index in [0.29, 0.717) is 0 Å². The van der Waals surface area contributed by atoms with Crippen LogP contribution in [0.4, 0.5) is 4.39 Å². The first-order chi connectivity index (χ1) is 8.33. The highest BCUT2D eigenvalue weighted by molar-refractivity contribution is 6.14. The summed E-state index contributed by atoms with van der Waals surface area (Å²) in [5.74, 6) is -0.245. The number of rotatable bonds is 0. The van der Waals surface area contributed by atoms with Crippen molar-refractivity contribution in [3.05, 3.63) is 48.3 Å². The minimum atomic E-state index is -0.245. The van der Waals surface area contributed by atoms with Crippen LogP contribution in [0.1, 0.15) is 0 Å². The molecule has 0 atom stereocenters. The van der Waals surface area contributed by atoms with Gasteiger partial charge in [-0.1, -0.05) is 12.1 Å². The zero-order valence-corrected chi connectivity index (χ0v) is 8.83. The molecule has 0 saturated carbocycles. The molecule has 0 bridgehead atoms. The monoisotopic (exact) mass is 225 g/mol. The Hall–Kier alpha value is -2.29. The first-order valence-electron chi connectivity index (χ1n) is 5.41. The van der Waals surface area contributed by atoms with Crippen LogP contribution in [0.25, 0.3) is 33.0 Å². The maximum absolute atomic E-state index is 13.1. The lowest BCUT2D eigenvalue weighted by atomic mass is 10.2. The molecule has 0 fully saturated rings. The van der Waals surface area contributed by atoms with Crippen molar-refractivity contribution >= 4 is 33.0 Å². The van der Waals surface area contributed by atoms with E-state index in [0.717, 1.165) is 33.0 Å². The molecule has 17 heavy (non-hydrogen) atoms. The zero-order valence-electron chi connectivity index (χ0n) is 8.83. The third-order valence-electron chi connectivity index (χ3n) is 3.08. The Morgan fingerprint density at radius 1 is 1.00 bits per heavy atom. The van der Waals surface area contributed by atoms with Crippen molar-refractivity contribution in [1.82, 2.24) is 4.98 Å². The second-order valence-electron chi connectivity index (χ2n) is 4.12. The van der Waals surface area contributed by atoms with Gasteiger partial charge in [0, 0.05) is 10.8 Å². The van der Waals surface area contributed by atoms with Gasteiger partial charge in [-0.25, -0.2) is 4.39 Å². The molecule has 1 N–H and O–H groups in total. The summed E-state index contributed by atoms with van der Waals surface area (Å²) in [7, 11) is 0. The van der Waals surface area contributed by atoms with E-state index in [2.05, 4.69) is 4.98 Å². The summed E-state index contributed by atoms with van der Waals surface area (Å²) >= 11 is 0. The van der Waals surface area contributed by atoms with Gasteiger partial charge in [0.1, 0.15) is 11.4 Å². The quantitative estimate of drug-likeness (QED) is 0.477. The van der Waals surface area contributed by atoms with Crippen LogP contribution in [0.5, 0.6) is 0 Å². The van der Waals surface area contributed by atoms with E-state index in [1.54, 1.807) is 6.07 Å². The fourth-order valence-electron chi connectivity index (χ4n) is 2.31. The molecule has 2 nitrogen and oxygen atoms in total. The van der Waals surface area contributed by atoms with Crippen molar-refractivity contribution in [3.8, 4) is 0 Å². The van der Waals surface area contributed by atoms with Crippen molar-refractivity contribution in [3.63, 3.8) is 0 Å². The standard InChI is InChI=1S/C14H8FNO/c15-8-5-6-9-11(7-8)16-13-10-3-1-2-4-12(10)17-14(9)13/h1-7,16H. The number of nitrogens with one attached hydrogen (secondary N) is 1. The van der Waals surface area contributed by atoms with Crippen LogP contribution in [-0.2, 0) is 0 Å². The molecule has 4 rings (SSSR count). The zero-order chi connectivity index (χ0) is 11.4. The van der Waals surface area contributed by atoms with Crippen LogP contribution < -0.4 is 0 Å². The molecule has 0 amide bonds. The number of aromatic amines is 1. The minimum absolute atomic E-state index is 0.245. The molecule has 0 aliphatic carbocycles. The molecule has 82 valence electrons. The van der Waals surface area contributed by atoms with Crippen molar-refractivity contribution in [2.24, 2.45) is 0 Å². The van der Waals surface area contributed by atoms with E-state index < -0.39 is 0 Å². The van der Waals surface area contributed by atoms with Crippen LogP contribution in [-0.4, -0.2) is 4.98 Å². The van der Waals surface area contributed by atoms with Crippen LogP contribution >= 0.6 is 0 Å². The summed E-state index contributed by atoms with van der Waals surface area (Å²) in [5, 5.41) is 1.94. The largest absolute Gasteiger partial charge is 0.454 e. The fourth-order valence-corrected chi connectivity index (χ4v) is 2.31. The van der Waals surface area contributed by atoms with Crippen LogP contribution in [0.15, 0.2) is 46.9 Å². The lowest BCUT2D eigenvalue weighted by Crippen LogP contribution is -1.73. The number of hydrogen-bond donors (Lipinski definition) is 1. The smallest absolute Gasteiger partial charge is 0.160 e. The van der Waals surface area contributed by atoms with E-state index in [-0.39, 0.29) is 5.82 Å². The molecule has 0 radical (unpaired) electrons. The molecule has 0 aliphatic heterocycles. The molecular formula is C14H8FNO. The van der Waals surface area contributed by atoms with Gasteiger partial charge in [-0.15, -0.1) is 0 Å². The van der Waals surface area contributed by atoms with Gasteiger partial charge in [0.2, 0.25) is 0 Å². The minimum Gasteiger partial charge on any atom is -0.454 e. The highest BCUT2D eigenvalue weighted by Gasteiger charge is 2.12. The van der Waals surface area contributed by atoms with Crippen molar-refractivity contribution in [1.29, 1.82) is 0 Å². The molecule has 0 unspecified atom stereocenters. The van der Waals surface area contributed by atoms with E-state index in [4.69, 9.17) is 4.42 Å². The summed E-state index contributed by atoms with van der Waals surface area (Å²) in [6.45, 7) is 0. The Labute approximate surface area is 95.6 Å². The van der Waals surface area contributed by atoms with Crippen LogP contribution in [0, 0.1) is 5.82 Å². The van der Waals surface area contributed by atoms with Gasteiger partial charge in [0.05, 0.1) is 11.0 Å². The van der Waals surface area contributed by atoms with Gasteiger partial charge in [-0.2, -0.15) is 0 Å². The maximum Gasteiger partial charge on any atom is 0.160 e. The highest BCUT2D eigenvalue weighted by atomic mass is 19.1. The molecule has 2 heterocycles. The summed E-state index contributed by atoms with van der Waals surface area (Å²) in [4.78, 5) is 3.21. The predicted octanol–water partition coefficient (Wildman–Crippen LogP) is 4.21. The Kier molecular flexibility index (Phi) is 1.50. The molecular weight excluding hydrogens is 217 g/mol.